The number of fused-ring (bicyclic) bond motifs is 2. The number of carbonyl (C=O) groups excluding carboxylic acids is 1. The van der Waals surface area contributed by atoms with Gasteiger partial charge < -0.3 is 0 Å². The minimum atomic E-state index is -4.03. The van der Waals surface area contributed by atoms with E-state index in [4.69, 9.17) is 4.18 Å². The molecule has 0 spiro atoms. The summed E-state index contributed by atoms with van der Waals surface area (Å²) >= 11 is 0. The van der Waals surface area contributed by atoms with Crippen molar-refractivity contribution in [3.8, 4) is 0 Å². The number of hydrogen-bond acceptors (Lipinski definition) is 5. The molecule has 1 fully saturated rings. The minimum Gasteiger partial charge on any atom is -0.299 e. The van der Waals surface area contributed by atoms with Crippen LogP contribution in [-0.2, 0) is 23.6 Å². The van der Waals surface area contributed by atoms with E-state index in [9.17, 15) is 13.2 Å². The van der Waals surface area contributed by atoms with E-state index in [0.29, 0.717) is 12.8 Å². The number of benzene rings is 1. The third kappa shape index (κ3) is 2.28. The second kappa shape index (κ2) is 4.95. The molecular weight excluding hydrogens is 280 g/mol. The zero-order valence-corrected chi connectivity index (χ0v) is 11.9. The molecule has 0 saturated heterocycles. The van der Waals surface area contributed by atoms with E-state index in [0.717, 1.165) is 11.1 Å². The Kier molecular flexibility index (Phi) is 3.40. The van der Waals surface area contributed by atoms with Gasteiger partial charge in [0.15, 0.2) is 0 Å². The van der Waals surface area contributed by atoms with Crippen molar-refractivity contribution < 1.29 is 21.6 Å². The van der Waals surface area contributed by atoms with Gasteiger partial charge in [-0.3, -0.25) is 4.79 Å². The minimum absolute atomic E-state index is 0.0215. The monoisotopic (exact) mass is 296 g/mol. The lowest BCUT2D eigenvalue weighted by atomic mass is 9.65. The molecule has 0 N–H and O–H groups in total. The Morgan fingerprint density at radius 1 is 1.25 bits per heavy atom. The van der Waals surface area contributed by atoms with Crippen molar-refractivity contribution in [3.63, 3.8) is 0 Å². The van der Waals surface area contributed by atoms with Crippen molar-refractivity contribution >= 4 is 16.2 Å². The smallest absolute Gasteiger partial charge is 0.299 e. The van der Waals surface area contributed by atoms with Gasteiger partial charge in [-0.15, -0.1) is 0 Å². The highest BCUT2D eigenvalue weighted by molar-refractivity contribution is 7.81. The van der Waals surface area contributed by atoms with E-state index < -0.39 is 22.4 Å². The largest absolute Gasteiger partial charge is 0.400 e. The van der Waals surface area contributed by atoms with Crippen molar-refractivity contribution in [2.45, 2.75) is 37.7 Å². The first-order chi connectivity index (χ1) is 9.52. The highest BCUT2D eigenvalue weighted by Gasteiger charge is 2.47. The maximum absolute atomic E-state index is 12.2. The fraction of sp³-hybridized carbons (Fsp3) is 0.500. The van der Waals surface area contributed by atoms with E-state index in [1.807, 2.05) is 24.3 Å². The van der Waals surface area contributed by atoms with Crippen molar-refractivity contribution in [1.82, 2.24) is 0 Å². The molecule has 3 aliphatic rings. The van der Waals surface area contributed by atoms with Crippen molar-refractivity contribution in [2.24, 2.45) is 0 Å². The van der Waals surface area contributed by atoms with Gasteiger partial charge in [-0.25, -0.2) is 8.37 Å². The molecule has 0 aliphatic heterocycles. The molecule has 1 saturated carbocycles. The molecule has 1 aromatic carbocycles. The zero-order chi connectivity index (χ0) is 14.3. The summed E-state index contributed by atoms with van der Waals surface area (Å²) in [5, 5.41) is 0. The van der Waals surface area contributed by atoms with Crippen molar-refractivity contribution in [3.05, 3.63) is 35.4 Å². The summed E-state index contributed by atoms with van der Waals surface area (Å²) in [5.41, 5.74) is 2.04. The van der Waals surface area contributed by atoms with E-state index in [1.165, 1.54) is 0 Å². The summed E-state index contributed by atoms with van der Waals surface area (Å²) in [4.78, 5) is 12.2. The SMILES string of the molecule is CCOS(=O)(=O)O[C@H]1C[C@H]2CC(=O)[C@@H]1c1ccccc12. The van der Waals surface area contributed by atoms with Crippen molar-refractivity contribution in [2.75, 3.05) is 6.61 Å². The van der Waals surface area contributed by atoms with Crippen LogP contribution in [0.1, 0.15) is 42.7 Å². The second-order valence-corrected chi connectivity index (χ2v) is 6.40. The quantitative estimate of drug-likeness (QED) is 0.848. The van der Waals surface area contributed by atoms with Gasteiger partial charge in [0.25, 0.3) is 0 Å². The molecular formula is C14H16O5S. The third-order valence-corrected chi connectivity index (χ3v) is 4.96. The van der Waals surface area contributed by atoms with Gasteiger partial charge in [0, 0.05) is 6.42 Å². The molecule has 0 heterocycles. The summed E-state index contributed by atoms with van der Waals surface area (Å²) in [6.07, 6.45) is 0.364. The van der Waals surface area contributed by atoms with Gasteiger partial charge in [-0.1, -0.05) is 24.3 Å². The van der Waals surface area contributed by atoms with Crippen LogP contribution in [0.4, 0.5) is 0 Å². The summed E-state index contributed by atoms with van der Waals surface area (Å²) in [7, 11) is -4.03. The summed E-state index contributed by atoms with van der Waals surface area (Å²) in [6.45, 7) is 1.60. The lowest BCUT2D eigenvalue weighted by molar-refractivity contribution is -0.126. The molecule has 0 radical (unpaired) electrons. The molecule has 1 aromatic rings. The Hall–Kier alpha value is -1.24. The Bertz CT molecular complexity index is 637. The fourth-order valence-corrected chi connectivity index (χ4v) is 4.11. The topological polar surface area (TPSA) is 69.7 Å². The van der Waals surface area contributed by atoms with Crippen LogP contribution in [0.15, 0.2) is 24.3 Å². The van der Waals surface area contributed by atoms with Crippen LogP contribution in [0.5, 0.6) is 0 Å². The van der Waals surface area contributed by atoms with E-state index in [1.54, 1.807) is 6.92 Å². The van der Waals surface area contributed by atoms with Crippen LogP contribution in [0.3, 0.4) is 0 Å². The molecule has 108 valence electrons. The van der Waals surface area contributed by atoms with Gasteiger partial charge in [-0.2, -0.15) is 8.42 Å². The molecule has 0 aromatic heterocycles. The molecule has 3 aliphatic carbocycles. The number of Topliss-reactive ketones (excluding diaryl/α,β-unsaturated/α-hetero) is 1. The molecule has 0 amide bonds. The van der Waals surface area contributed by atoms with E-state index in [2.05, 4.69) is 4.18 Å². The Morgan fingerprint density at radius 3 is 2.65 bits per heavy atom. The highest BCUT2D eigenvalue weighted by Crippen LogP contribution is 2.48. The lowest BCUT2D eigenvalue weighted by Gasteiger charge is -2.41. The van der Waals surface area contributed by atoms with Crippen LogP contribution >= 0.6 is 0 Å². The van der Waals surface area contributed by atoms with Gasteiger partial charge in [-0.05, 0) is 30.4 Å². The van der Waals surface area contributed by atoms with Gasteiger partial charge in [0.05, 0.1) is 18.6 Å². The molecule has 3 atom stereocenters. The third-order valence-electron chi connectivity index (χ3n) is 3.96. The zero-order valence-electron chi connectivity index (χ0n) is 11.1. The predicted octanol–water partition coefficient (Wildman–Crippen LogP) is 1.90. The van der Waals surface area contributed by atoms with Crippen LogP contribution < -0.4 is 0 Å². The number of hydrogen-bond donors (Lipinski definition) is 0. The molecule has 5 nitrogen and oxygen atoms in total. The molecule has 4 rings (SSSR count). The number of rotatable bonds is 4. The molecule has 2 bridgehead atoms. The maximum Gasteiger partial charge on any atom is 0.400 e. The number of ketones is 1. The average molecular weight is 296 g/mol. The fourth-order valence-electron chi connectivity index (χ4n) is 3.27. The summed E-state index contributed by atoms with van der Waals surface area (Å²) in [5.74, 6) is -0.395. The summed E-state index contributed by atoms with van der Waals surface area (Å²) < 4.78 is 33.0. The average Bonchev–Trinajstić information content (AvgIpc) is 2.38. The van der Waals surface area contributed by atoms with Crippen LogP contribution in [0.2, 0.25) is 0 Å². The Balaban J connectivity index is 1.93. The van der Waals surface area contributed by atoms with Gasteiger partial charge in [0.1, 0.15) is 5.78 Å². The molecule has 20 heavy (non-hydrogen) atoms. The normalized spacial score (nSPS) is 28.4. The van der Waals surface area contributed by atoms with Crippen LogP contribution in [0.25, 0.3) is 0 Å². The van der Waals surface area contributed by atoms with Crippen LogP contribution in [0, 0.1) is 0 Å². The first-order valence-electron chi connectivity index (χ1n) is 6.71. The van der Waals surface area contributed by atoms with E-state index >= 15 is 0 Å². The first kappa shape index (κ1) is 13.7. The summed E-state index contributed by atoms with van der Waals surface area (Å²) in [6, 6.07) is 7.69. The molecule has 6 heteroatoms. The first-order valence-corrected chi connectivity index (χ1v) is 8.04. The maximum atomic E-state index is 12.2. The Labute approximate surface area is 118 Å². The van der Waals surface area contributed by atoms with Gasteiger partial charge >= 0.3 is 10.4 Å². The lowest BCUT2D eigenvalue weighted by Crippen LogP contribution is -2.42. The number of carbonyl (C=O) groups is 1. The van der Waals surface area contributed by atoms with Crippen LogP contribution in [-0.4, -0.2) is 26.9 Å². The molecule has 0 unspecified atom stereocenters. The van der Waals surface area contributed by atoms with Crippen molar-refractivity contribution in [1.29, 1.82) is 0 Å². The highest BCUT2D eigenvalue weighted by atomic mass is 32.3. The predicted molar refractivity (Wildman–Crippen MR) is 71.6 cm³/mol. The second-order valence-electron chi connectivity index (χ2n) is 5.16. The van der Waals surface area contributed by atoms with Gasteiger partial charge in [0.2, 0.25) is 0 Å². The van der Waals surface area contributed by atoms with E-state index in [-0.39, 0.29) is 18.3 Å². The standard InChI is InChI=1S/C14H16O5S/c1-2-18-20(16,17)19-13-8-9-7-12(15)14(13)11-6-4-3-5-10(9)11/h3-6,9,13-14H,2,7-8H2,1H3/t9-,13+,14+/m1/s1. The Morgan fingerprint density at radius 2 is 1.95 bits per heavy atom.